The van der Waals surface area contributed by atoms with Crippen LogP contribution in [0, 0.1) is 0 Å². The summed E-state index contributed by atoms with van der Waals surface area (Å²) >= 11 is 0. The molecule has 1 aromatic heterocycles. The normalized spacial score (nSPS) is 9.87. The topological polar surface area (TPSA) is 22.1 Å². The molecule has 15 heavy (non-hydrogen) atoms. The molecule has 0 fully saturated rings. The molecule has 0 saturated heterocycles. The maximum atomic E-state index is 5.63. The van der Waals surface area contributed by atoms with Crippen LogP contribution in [-0.4, -0.2) is 12.8 Å². The van der Waals surface area contributed by atoms with Gasteiger partial charge >= 0.3 is 0 Å². The lowest BCUT2D eigenvalue weighted by atomic mass is 10.0. The van der Waals surface area contributed by atoms with Gasteiger partial charge in [-0.15, -0.1) is 0 Å². The second-order valence-corrected chi connectivity index (χ2v) is 3.41. The first kappa shape index (κ1) is 9.78. The maximum absolute atomic E-state index is 5.63. The van der Waals surface area contributed by atoms with E-state index in [9.17, 15) is 0 Å². The van der Waals surface area contributed by atoms with Gasteiger partial charge in [-0.2, -0.15) is 0 Å². The van der Waals surface area contributed by atoms with Crippen molar-refractivity contribution in [2.45, 2.75) is 6.61 Å². The minimum Gasteiger partial charge on any atom is -0.489 e. The zero-order valence-electron chi connectivity index (χ0n) is 8.68. The number of benzene rings is 1. The Kier molecular flexibility index (Phi) is 3.03. The number of hydrogen-bond donors (Lipinski definition) is 0. The van der Waals surface area contributed by atoms with Gasteiger partial charge in [-0.1, -0.05) is 30.3 Å². The summed E-state index contributed by atoms with van der Waals surface area (Å²) in [5.74, 6) is 0.867. The molecule has 2 nitrogen and oxygen atoms in total. The largest absolute Gasteiger partial charge is 0.489 e. The van der Waals surface area contributed by atoms with Crippen molar-refractivity contribution in [3.63, 3.8) is 0 Å². The summed E-state index contributed by atoms with van der Waals surface area (Å²) in [6.07, 6.45) is 1.76. The number of ether oxygens (including phenoxy) is 1. The highest BCUT2D eigenvalue weighted by Gasteiger charge is 1.95. The molecule has 0 N–H and O–H groups in total. The molecule has 74 valence electrons. The summed E-state index contributed by atoms with van der Waals surface area (Å²) in [4.78, 5) is 4.11. The fraction of sp³-hybridized carbons (Fsp3) is 0.0833. The molecule has 3 heteroatoms. The Morgan fingerprint density at radius 2 is 1.93 bits per heavy atom. The number of rotatable bonds is 3. The van der Waals surface area contributed by atoms with Gasteiger partial charge in [-0.3, -0.25) is 4.98 Å². The summed E-state index contributed by atoms with van der Waals surface area (Å²) in [5.41, 5.74) is 2.15. The van der Waals surface area contributed by atoms with Gasteiger partial charge in [0.1, 0.15) is 12.4 Å². The van der Waals surface area contributed by atoms with Crippen molar-refractivity contribution in [1.29, 1.82) is 0 Å². The van der Waals surface area contributed by atoms with Crippen LogP contribution in [0.15, 0.2) is 48.7 Å². The average molecular weight is 197 g/mol. The fourth-order valence-electron chi connectivity index (χ4n) is 1.35. The van der Waals surface area contributed by atoms with Gasteiger partial charge < -0.3 is 4.74 Å². The minimum atomic E-state index is 0.601. The van der Waals surface area contributed by atoms with Crippen LogP contribution in [0.3, 0.4) is 0 Å². The number of hydrogen-bond acceptors (Lipinski definition) is 2. The average Bonchev–Trinajstić information content (AvgIpc) is 2.28. The monoisotopic (exact) mass is 197 g/mol. The van der Waals surface area contributed by atoms with Crippen LogP contribution in [0.1, 0.15) is 5.56 Å². The molecule has 0 spiro atoms. The smallest absolute Gasteiger partial charge is 0.164 e. The van der Waals surface area contributed by atoms with Gasteiger partial charge in [-0.25, -0.2) is 0 Å². The van der Waals surface area contributed by atoms with Crippen molar-refractivity contribution >= 4 is 13.4 Å². The van der Waals surface area contributed by atoms with Crippen LogP contribution in [0.25, 0.3) is 0 Å². The van der Waals surface area contributed by atoms with Gasteiger partial charge in [-0.05, 0) is 23.3 Å². The van der Waals surface area contributed by atoms with Crippen molar-refractivity contribution in [1.82, 2.24) is 4.98 Å². The summed E-state index contributed by atoms with van der Waals surface area (Å²) in [6.45, 7) is 0.601. The van der Waals surface area contributed by atoms with E-state index >= 15 is 0 Å². The molecule has 0 radical (unpaired) electrons. The molecule has 0 aliphatic carbocycles. The molecule has 2 rings (SSSR count). The fourth-order valence-corrected chi connectivity index (χ4v) is 1.35. The zero-order valence-corrected chi connectivity index (χ0v) is 8.68. The quantitative estimate of drug-likeness (QED) is 0.682. The van der Waals surface area contributed by atoms with E-state index in [1.54, 1.807) is 6.20 Å². The Balaban J connectivity index is 1.99. The number of pyridine rings is 1. The van der Waals surface area contributed by atoms with Gasteiger partial charge in [0.25, 0.3) is 0 Å². The van der Waals surface area contributed by atoms with E-state index in [1.165, 1.54) is 5.56 Å². The van der Waals surface area contributed by atoms with E-state index in [-0.39, 0.29) is 0 Å². The Morgan fingerprint density at radius 3 is 2.67 bits per heavy atom. The molecule has 1 aromatic carbocycles. The standard InChI is InChI=1S/C12H12BNO/c13-12-8-11(6-7-14-12)15-9-10-4-2-1-3-5-10/h1-8H,9,13H2. The molecular weight excluding hydrogens is 185 g/mol. The maximum Gasteiger partial charge on any atom is 0.164 e. The van der Waals surface area contributed by atoms with Crippen molar-refractivity contribution < 1.29 is 4.74 Å². The van der Waals surface area contributed by atoms with Crippen LogP contribution in [0.5, 0.6) is 5.75 Å². The molecule has 1 heterocycles. The summed E-state index contributed by atoms with van der Waals surface area (Å²) in [5, 5.41) is 0. The van der Waals surface area contributed by atoms with E-state index in [0.29, 0.717) is 6.61 Å². The van der Waals surface area contributed by atoms with Crippen LogP contribution in [-0.2, 0) is 6.61 Å². The van der Waals surface area contributed by atoms with Gasteiger partial charge in [0, 0.05) is 6.20 Å². The van der Waals surface area contributed by atoms with Crippen molar-refractivity contribution in [2.75, 3.05) is 0 Å². The first-order valence-corrected chi connectivity index (χ1v) is 4.94. The summed E-state index contributed by atoms with van der Waals surface area (Å²) in [6, 6.07) is 13.9. The van der Waals surface area contributed by atoms with Crippen LogP contribution < -0.4 is 10.3 Å². The van der Waals surface area contributed by atoms with Crippen molar-refractivity contribution in [3.05, 3.63) is 54.2 Å². The highest BCUT2D eigenvalue weighted by molar-refractivity contribution is 6.30. The predicted molar refractivity (Wildman–Crippen MR) is 63.2 cm³/mol. The molecule has 0 aliphatic rings. The Bertz CT molecular complexity index is 431. The number of aromatic nitrogens is 1. The van der Waals surface area contributed by atoms with E-state index in [4.69, 9.17) is 4.74 Å². The van der Waals surface area contributed by atoms with Crippen molar-refractivity contribution in [3.8, 4) is 5.75 Å². The molecular formula is C12H12BNO. The Labute approximate surface area is 90.3 Å². The molecule has 0 unspecified atom stereocenters. The van der Waals surface area contributed by atoms with E-state index in [1.807, 2.05) is 50.3 Å². The lowest BCUT2D eigenvalue weighted by Gasteiger charge is -2.06. The molecule has 0 saturated carbocycles. The molecule has 2 aromatic rings. The van der Waals surface area contributed by atoms with E-state index < -0.39 is 0 Å². The SMILES string of the molecule is Bc1cc(OCc2ccccc2)ccn1. The summed E-state index contributed by atoms with van der Waals surface area (Å²) in [7, 11) is 1.95. The molecule has 0 aliphatic heterocycles. The Morgan fingerprint density at radius 1 is 1.13 bits per heavy atom. The van der Waals surface area contributed by atoms with Gasteiger partial charge in [0.15, 0.2) is 7.85 Å². The van der Waals surface area contributed by atoms with Crippen LogP contribution in [0.2, 0.25) is 0 Å². The van der Waals surface area contributed by atoms with Gasteiger partial charge in [0.2, 0.25) is 0 Å². The highest BCUT2D eigenvalue weighted by Crippen LogP contribution is 2.09. The van der Waals surface area contributed by atoms with E-state index in [2.05, 4.69) is 4.98 Å². The first-order chi connectivity index (χ1) is 7.34. The third kappa shape index (κ3) is 2.84. The predicted octanol–water partition coefficient (Wildman–Crippen LogP) is 0.919. The lowest BCUT2D eigenvalue weighted by molar-refractivity contribution is 0.306. The van der Waals surface area contributed by atoms with Crippen LogP contribution >= 0.6 is 0 Å². The molecule has 0 amide bonds. The molecule has 0 bridgehead atoms. The van der Waals surface area contributed by atoms with Crippen molar-refractivity contribution in [2.24, 2.45) is 0 Å². The first-order valence-electron chi connectivity index (χ1n) is 4.94. The van der Waals surface area contributed by atoms with Crippen LogP contribution in [0.4, 0.5) is 0 Å². The second-order valence-electron chi connectivity index (χ2n) is 3.41. The third-order valence-corrected chi connectivity index (χ3v) is 2.12. The lowest BCUT2D eigenvalue weighted by Crippen LogP contribution is -2.07. The highest BCUT2D eigenvalue weighted by atomic mass is 16.5. The minimum absolute atomic E-state index is 0.601. The van der Waals surface area contributed by atoms with E-state index in [0.717, 1.165) is 11.3 Å². The van der Waals surface area contributed by atoms with Gasteiger partial charge in [0.05, 0.1) is 0 Å². The second kappa shape index (κ2) is 4.64. The molecule has 0 atom stereocenters. The Hall–Kier alpha value is -1.77. The third-order valence-electron chi connectivity index (χ3n) is 2.12. The number of nitrogens with zero attached hydrogens (tertiary/aromatic N) is 1. The zero-order chi connectivity index (χ0) is 10.5. The summed E-state index contributed by atoms with van der Waals surface area (Å²) < 4.78 is 5.63.